The second kappa shape index (κ2) is 8.66. The third kappa shape index (κ3) is 4.13. The number of hydrogen-bond acceptors (Lipinski definition) is 3. The van der Waals surface area contributed by atoms with E-state index < -0.39 is 0 Å². The fourth-order valence-electron chi connectivity index (χ4n) is 4.03. The van der Waals surface area contributed by atoms with Crippen LogP contribution in [0.1, 0.15) is 29.4 Å². The average molecular weight is 388 g/mol. The molecule has 1 aliphatic heterocycles. The van der Waals surface area contributed by atoms with E-state index in [1.165, 1.54) is 28.3 Å². The summed E-state index contributed by atoms with van der Waals surface area (Å²) in [6.07, 6.45) is 3.00. The molecule has 0 unspecified atom stereocenters. The molecule has 3 aromatic rings. The first-order valence-electron chi connectivity index (χ1n) is 10.4. The van der Waals surface area contributed by atoms with Crippen LogP contribution in [0.5, 0.6) is 0 Å². The molecular formula is C25H29N3O. The number of morpholine rings is 1. The molecule has 0 aliphatic carbocycles. The molecule has 2 heterocycles. The Morgan fingerprint density at radius 3 is 2.45 bits per heavy atom. The van der Waals surface area contributed by atoms with E-state index in [0.29, 0.717) is 0 Å². The van der Waals surface area contributed by atoms with Gasteiger partial charge in [-0.15, -0.1) is 0 Å². The number of anilines is 1. The lowest BCUT2D eigenvalue weighted by molar-refractivity contribution is 0.122. The van der Waals surface area contributed by atoms with Gasteiger partial charge in [0.05, 0.1) is 18.9 Å². The molecule has 2 aromatic carbocycles. The summed E-state index contributed by atoms with van der Waals surface area (Å²) < 4.78 is 7.77. The minimum absolute atomic E-state index is 0.802. The fourth-order valence-corrected chi connectivity index (χ4v) is 4.03. The van der Waals surface area contributed by atoms with Crippen LogP contribution >= 0.6 is 0 Å². The molecule has 1 aromatic heterocycles. The first-order valence-corrected chi connectivity index (χ1v) is 10.4. The van der Waals surface area contributed by atoms with Gasteiger partial charge in [0.1, 0.15) is 0 Å². The maximum atomic E-state index is 5.43. The summed E-state index contributed by atoms with van der Waals surface area (Å²) in [7, 11) is 0. The molecule has 0 N–H and O–H groups in total. The van der Waals surface area contributed by atoms with E-state index >= 15 is 0 Å². The molecule has 29 heavy (non-hydrogen) atoms. The molecular weight excluding hydrogens is 358 g/mol. The quantitative estimate of drug-likeness (QED) is 0.560. The van der Waals surface area contributed by atoms with Crippen LogP contribution < -0.4 is 4.90 Å². The smallest absolute Gasteiger partial charge is 0.0642 e. The van der Waals surface area contributed by atoms with Crippen LogP contribution in [0.2, 0.25) is 0 Å². The number of aliphatic imine (C=N–C) groups is 1. The van der Waals surface area contributed by atoms with Crippen LogP contribution in [0.4, 0.5) is 11.4 Å². The number of aromatic nitrogens is 1. The molecule has 1 aliphatic rings. The third-order valence-corrected chi connectivity index (χ3v) is 5.66. The molecule has 0 atom stereocenters. The molecule has 1 fully saturated rings. The SMILES string of the molecule is CCc1ccccc1-n1c(C)cc(C=Nc2ccc(N3CCOCC3)cc2)c1C. The highest BCUT2D eigenvalue weighted by Crippen LogP contribution is 2.24. The highest BCUT2D eigenvalue weighted by molar-refractivity contribution is 5.84. The molecule has 0 saturated carbocycles. The third-order valence-electron chi connectivity index (χ3n) is 5.66. The van der Waals surface area contributed by atoms with Crippen molar-refractivity contribution in [2.45, 2.75) is 27.2 Å². The average Bonchev–Trinajstić information content (AvgIpc) is 3.06. The van der Waals surface area contributed by atoms with Gasteiger partial charge in [0.25, 0.3) is 0 Å². The maximum absolute atomic E-state index is 5.43. The van der Waals surface area contributed by atoms with Crippen molar-refractivity contribution in [1.29, 1.82) is 0 Å². The van der Waals surface area contributed by atoms with E-state index in [4.69, 9.17) is 9.73 Å². The van der Waals surface area contributed by atoms with Crippen LogP contribution in [-0.4, -0.2) is 37.1 Å². The highest BCUT2D eigenvalue weighted by Gasteiger charge is 2.12. The number of nitrogens with zero attached hydrogens (tertiary/aromatic N) is 3. The first kappa shape index (κ1) is 19.5. The van der Waals surface area contributed by atoms with Gasteiger partial charge >= 0.3 is 0 Å². The van der Waals surface area contributed by atoms with Gasteiger partial charge in [-0.2, -0.15) is 0 Å². The van der Waals surface area contributed by atoms with Gasteiger partial charge < -0.3 is 14.2 Å². The second-order valence-corrected chi connectivity index (χ2v) is 7.52. The van der Waals surface area contributed by atoms with Crippen molar-refractivity contribution in [3.8, 4) is 5.69 Å². The summed E-state index contributed by atoms with van der Waals surface area (Å²) in [4.78, 5) is 7.09. The predicted molar refractivity (Wildman–Crippen MR) is 121 cm³/mol. The van der Waals surface area contributed by atoms with E-state index in [1.807, 2.05) is 6.21 Å². The molecule has 4 rings (SSSR count). The van der Waals surface area contributed by atoms with Gasteiger partial charge in [0.15, 0.2) is 0 Å². The Balaban J connectivity index is 1.56. The monoisotopic (exact) mass is 387 g/mol. The Hall–Kier alpha value is -2.85. The van der Waals surface area contributed by atoms with E-state index in [0.717, 1.165) is 44.0 Å². The fraction of sp³-hybridized carbons (Fsp3) is 0.320. The Bertz CT molecular complexity index is 995. The standard InChI is InChI=1S/C25H29N3O/c1-4-21-7-5-6-8-25(21)28-19(2)17-22(20(28)3)18-26-23-9-11-24(12-10-23)27-13-15-29-16-14-27/h5-12,17-18H,4,13-16H2,1-3H3. The summed E-state index contributed by atoms with van der Waals surface area (Å²) in [6.45, 7) is 10.0. The van der Waals surface area contributed by atoms with Crippen LogP contribution in [0.25, 0.3) is 5.69 Å². The van der Waals surface area contributed by atoms with Crippen molar-refractivity contribution in [3.63, 3.8) is 0 Å². The number of para-hydroxylation sites is 1. The van der Waals surface area contributed by atoms with Gasteiger partial charge in [-0.05, 0) is 62.2 Å². The van der Waals surface area contributed by atoms with Gasteiger partial charge in [-0.1, -0.05) is 25.1 Å². The highest BCUT2D eigenvalue weighted by atomic mass is 16.5. The van der Waals surface area contributed by atoms with Gasteiger partial charge in [0.2, 0.25) is 0 Å². The van der Waals surface area contributed by atoms with Crippen molar-refractivity contribution < 1.29 is 4.74 Å². The van der Waals surface area contributed by atoms with Crippen molar-refractivity contribution >= 4 is 17.6 Å². The number of aryl methyl sites for hydroxylation is 2. The molecule has 0 spiro atoms. The maximum Gasteiger partial charge on any atom is 0.0642 e. The summed E-state index contributed by atoms with van der Waals surface area (Å²) in [5.74, 6) is 0. The summed E-state index contributed by atoms with van der Waals surface area (Å²) >= 11 is 0. The lowest BCUT2D eigenvalue weighted by Gasteiger charge is -2.28. The topological polar surface area (TPSA) is 29.8 Å². The molecule has 0 bridgehead atoms. The predicted octanol–water partition coefficient (Wildman–Crippen LogP) is 5.24. The molecule has 4 nitrogen and oxygen atoms in total. The lowest BCUT2D eigenvalue weighted by atomic mass is 10.1. The van der Waals surface area contributed by atoms with E-state index in [9.17, 15) is 0 Å². The Morgan fingerprint density at radius 2 is 1.72 bits per heavy atom. The van der Waals surface area contributed by atoms with Crippen LogP contribution in [0.3, 0.4) is 0 Å². The molecule has 150 valence electrons. The molecule has 0 amide bonds. The van der Waals surface area contributed by atoms with E-state index in [1.54, 1.807) is 0 Å². The largest absolute Gasteiger partial charge is 0.378 e. The summed E-state index contributed by atoms with van der Waals surface area (Å²) in [5.41, 5.74) is 8.44. The number of hydrogen-bond donors (Lipinski definition) is 0. The van der Waals surface area contributed by atoms with E-state index in [2.05, 4.69) is 84.8 Å². The number of ether oxygens (including phenoxy) is 1. The molecule has 1 saturated heterocycles. The summed E-state index contributed by atoms with van der Waals surface area (Å²) in [6, 6.07) is 19.3. The van der Waals surface area contributed by atoms with Gasteiger partial charge in [-0.25, -0.2) is 0 Å². The number of benzene rings is 2. The lowest BCUT2D eigenvalue weighted by Crippen LogP contribution is -2.36. The van der Waals surface area contributed by atoms with Crippen molar-refractivity contribution in [3.05, 3.63) is 77.1 Å². The first-order chi connectivity index (χ1) is 14.2. The zero-order valence-electron chi connectivity index (χ0n) is 17.6. The van der Waals surface area contributed by atoms with Crippen molar-refractivity contribution in [2.24, 2.45) is 4.99 Å². The Labute approximate surface area is 173 Å². The minimum Gasteiger partial charge on any atom is -0.378 e. The summed E-state index contributed by atoms with van der Waals surface area (Å²) in [5, 5.41) is 0. The molecule has 4 heteroatoms. The molecule has 0 radical (unpaired) electrons. The zero-order valence-corrected chi connectivity index (χ0v) is 17.6. The van der Waals surface area contributed by atoms with Crippen LogP contribution in [0.15, 0.2) is 59.6 Å². The van der Waals surface area contributed by atoms with Gasteiger partial charge in [0, 0.05) is 47.6 Å². The Morgan fingerprint density at radius 1 is 1.00 bits per heavy atom. The van der Waals surface area contributed by atoms with Crippen LogP contribution in [-0.2, 0) is 11.2 Å². The van der Waals surface area contributed by atoms with Crippen molar-refractivity contribution in [1.82, 2.24) is 4.57 Å². The van der Waals surface area contributed by atoms with Crippen molar-refractivity contribution in [2.75, 3.05) is 31.2 Å². The van der Waals surface area contributed by atoms with Crippen LogP contribution in [0, 0.1) is 13.8 Å². The zero-order chi connectivity index (χ0) is 20.2. The normalized spacial score (nSPS) is 14.7. The van der Waals surface area contributed by atoms with E-state index in [-0.39, 0.29) is 0 Å². The minimum atomic E-state index is 0.802. The number of rotatable bonds is 5. The van der Waals surface area contributed by atoms with Gasteiger partial charge in [-0.3, -0.25) is 4.99 Å². The Kier molecular flexibility index (Phi) is 5.81. The second-order valence-electron chi connectivity index (χ2n) is 7.52.